The lowest BCUT2D eigenvalue weighted by Crippen LogP contribution is -2.47. The molecule has 0 aliphatic carbocycles. The molecule has 1 fully saturated rings. The lowest BCUT2D eigenvalue weighted by molar-refractivity contribution is -0.124. The number of nitrogens with zero attached hydrogens (tertiary/aromatic N) is 2. The van der Waals surface area contributed by atoms with E-state index in [1.807, 2.05) is 67.8 Å². The fourth-order valence-electron chi connectivity index (χ4n) is 3.75. The fourth-order valence-corrected chi connectivity index (χ4v) is 4.58. The number of aryl methyl sites for hydroxylation is 1. The summed E-state index contributed by atoms with van der Waals surface area (Å²) in [5, 5.41) is 8.82. The molecule has 1 atom stereocenters. The van der Waals surface area contributed by atoms with E-state index in [9.17, 15) is 9.59 Å². The molecule has 7 heteroatoms. The van der Waals surface area contributed by atoms with Crippen LogP contribution in [0.25, 0.3) is 10.6 Å². The van der Waals surface area contributed by atoms with E-state index in [2.05, 4.69) is 15.6 Å². The summed E-state index contributed by atoms with van der Waals surface area (Å²) in [4.78, 5) is 31.9. The van der Waals surface area contributed by atoms with Crippen molar-refractivity contribution in [2.24, 2.45) is 0 Å². The van der Waals surface area contributed by atoms with Crippen LogP contribution in [-0.2, 0) is 11.3 Å². The molecule has 160 valence electrons. The second kappa shape index (κ2) is 9.31. The Morgan fingerprint density at radius 3 is 2.74 bits per heavy atom. The van der Waals surface area contributed by atoms with Crippen LogP contribution in [0.5, 0.6) is 0 Å². The maximum atomic E-state index is 12.9. The number of amides is 3. The molecule has 3 aromatic rings. The Kier molecular flexibility index (Phi) is 6.32. The molecule has 1 aliphatic heterocycles. The maximum Gasteiger partial charge on any atom is 0.322 e. The summed E-state index contributed by atoms with van der Waals surface area (Å²) < 4.78 is 0. The van der Waals surface area contributed by atoms with Gasteiger partial charge >= 0.3 is 6.03 Å². The lowest BCUT2D eigenvalue weighted by atomic mass is 10.1. The molecule has 4 rings (SSSR count). The highest BCUT2D eigenvalue weighted by molar-refractivity contribution is 7.13. The average Bonchev–Trinajstić information content (AvgIpc) is 3.46. The molecule has 31 heavy (non-hydrogen) atoms. The van der Waals surface area contributed by atoms with Gasteiger partial charge in [-0.2, -0.15) is 0 Å². The van der Waals surface area contributed by atoms with Crippen LogP contribution in [-0.4, -0.2) is 34.4 Å². The SMILES string of the molecule is Cc1cccc(NC(=O)N2CCCC2C(=O)NCc2csc(-c3ccccc3)n2)c1C. The summed E-state index contributed by atoms with van der Waals surface area (Å²) in [5.41, 5.74) is 4.82. The van der Waals surface area contributed by atoms with Crippen molar-refractivity contribution in [2.45, 2.75) is 39.3 Å². The second-order valence-electron chi connectivity index (χ2n) is 7.76. The van der Waals surface area contributed by atoms with Gasteiger partial charge in [0.2, 0.25) is 5.91 Å². The van der Waals surface area contributed by atoms with Crippen LogP contribution in [0, 0.1) is 13.8 Å². The van der Waals surface area contributed by atoms with Crippen LogP contribution in [0.2, 0.25) is 0 Å². The zero-order valence-electron chi connectivity index (χ0n) is 17.7. The molecule has 1 saturated heterocycles. The molecule has 1 unspecified atom stereocenters. The van der Waals surface area contributed by atoms with Crippen molar-refractivity contribution in [3.05, 3.63) is 70.7 Å². The van der Waals surface area contributed by atoms with E-state index in [-0.39, 0.29) is 11.9 Å². The molecule has 2 aromatic carbocycles. The maximum absolute atomic E-state index is 12.9. The van der Waals surface area contributed by atoms with Gasteiger partial charge in [-0.1, -0.05) is 42.5 Å². The van der Waals surface area contributed by atoms with Crippen LogP contribution in [0.4, 0.5) is 10.5 Å². The van der Waals surface area contributed by atoms with Crippen molar-refractivity contribution in [2.75, 3.05) is 11.9 Å². The number of hydrogen-bond acceptors (Lipinski definition) is 4. The number of anilines is 1. The smallest absolute Gasteiger partial charge is 0.322 e. The van der Waals surface area contributed by atoms with Gasteiger partial charge in [0.05, 0.1) is 12.2 Å². The zero-order chi connectivity index (χ0) is 21.8. The summed E-state index contributed by atoms with van der Waals surface area (Å²) in [7, 11) is 0. The van der Waals surface area contributed by atoms with E-state index in [0.717, 1.165) is 39.5 Å². The van der Waals surface area contributed by atoms with E-state index in [0.29, 0.717) is 19.5 Å². The second-order valence-corrected chi connectivity index (χ2v) is 8.61. The number of rotatable bonds is 5. The quantitative estimate of drug-likeness (QED) is 0.609. The fraction of sp³-hybridized carbons (Fsp3) is 0.292. The van der Waals surface area contributed by atoms with Crippen molar-refractivity contribution in [1.29, 1.82) is 0 Å². The minimum absolute atomic E-state index is 0.136. The Labute approximate surface area is 186 Å². The van der Waals surface area contributed by atoms with Gasteiger partial charge in [-0.05, 0) is 43.9 Å². The lowest BCUT2D eigenvalue weighted by Gasteiger charge is -2.24. The summed E-state index contributed by atoms with van der Waals surface area (Å²) in [6.07, 6.45) is 1.48. The van der Waals surface area contributed by atoms with Gasteiger partial charge in [0, 0.05) is 23.2 Å². The van der Waals surface area contributed by atoms with Gasteiger partial charge in [-0.25, -0.2) is 9.78 Å². The molecular weight excluding hydrogens is 408 g/mol. The number of thiazole rings is 1. The third kappa shape index (κ3) is 4.77. The van der Waals surface area contributed by atoms with Crippen molar-refractivity contribution in [1.82, 2.24) is 15.2 Å². The third-order valence-electron chi connectivity index (χ3n) is 5.68. The van der Waals surface area contributed by atoms with Gasteiger partial charge in [0.15, 0.2) is 0 Å². The van der Waals surface area contributed by atoms with E-state index in [1.54, 1.807) is 16.2 Å². The minimum atomic E-state index is -0.461. The van der Waals surface area contributed by atoms with Crippen LogP contribution in [0.15, 0.2) is 53.9 Å². The molecule has 2 heterocycles. The van der Waals surface area contributed by atoms with Crippen molar-refractivity contribution in [3.63, 3.8) is 0 Å². The monoisotopic (exact) mass is 434 g/mol. The zero-order valence-corrected chi connectivity index (χ0v) is 18.5. The molecule has 1 aromatic heterocycles. The standard InChI is InChI=1S/C24H26N4O2S/c1-16-8-6-11-20(17(16)2)27-24(30)28-13-7-12-21(28)22(29)25-14-19-15-31-23(26-19)18-9-4-3-5-10-18/h3-6,8-11,15,21H,7,12-14H2,1-2H3,(H,25,29)(H,27,30). The van der Waals surface area contributed by atoms with Crippen LogP contribution in [0.3, 0.4) is 0 Å². The molecule has 6 nitrogen and oxygen atoms in total. The third-order valence-corrected chi connectivity index (χ3v) is 6.62. The van der Waals surface area contributed by atoms with Gasteiger partial charge in [-0.3, -0.25) is 4.79 Å². The Bertz CT molecular complexity index is 1080. The number of benzene rings is 2. The Morgan fingerprint density at radius 1 is 1.13 bits per heavy atom. The first-order chi connectivity index (χ1) is 15.0. The normalized spacial score (nSPS) is 15.7. The van der Waals surface area contributed by atoms with Gasteiger partial charge in [-0.15, -0.1) is 11.3 Å². The number of likely N-dealkylation sites (tertiary alicyclic amines) is 1. The van der Waals surface area contributed by atoms with Crippen LogP contribution >= 0.6 is 11.3 Å². The summed E-state index contributed by atoms with van der Waals surface area (Å²) >= 11 is 1.56. The number of carbonyl (C=O) groups is 2. The Morgan fingerprint density at radius 2 is 1.94 bits per heavy atom. The van der Waals surface area contributed by atoms with E-state index < -0.39 is 6.04 Å². The van der Waals surface area contributed by atoms with Gasteiger partial charge in [0.25, 0.3) is 0 Å². The average molecular weight is 435 g/mol. The number of nitrogens with one attached hydrogen (secondary N) is 2. The highest BCUT2D eigenvalue weighted by Gasteiger charge is 2.34. The molecule has 0 spiro atoms. The first kappa shape index (κ1) is 21.1. The largest absolute Gasteiger partial charge is 0.349 e. The number of urea groups is 1. The van der Waals surface area contributed by atoms with Crippen molar-refractivity contribution < 1.29 is 9.59 Å². The predicted octanol–water partition coefficient (Wildman–Crippen LogP) is 4.74. The van der Waals surface area contributed by atoms with Gasteiger partial charge < -0.3 is 15.5 Å². The minimum Gasteiger partial charge on any atom is -0.349 e. The van der Waals surface area contributed by atoms with E-state index >= 15 is 0 Å². The summed E-state index contributed by atoms with van der Waals surface area (Å²) in [5.74, 6) is -0.136. The first-order valence-electron chi connectivity index (χ1n) is 10.4. The highest BCUT2D eigenvalue weighted by atomic mass is 32.1. The Balaban J connectivity index is 1.36. The van der Waals surface area contributed by atoms with Crippen LogP contribution < -0.4 is 10.6 Å². The van der Waals surface area contributed by atoms with Crippen LogP contribution in [0.1, 0.15) is 29.7 Å². The number of carbonyl (C=O) groups excluding carboxylic acids is 2. The van der Waals surface area contributed by atoms with Gasteiger partial charge in [0.1, 0.15) is 11.0 Å². The molecule has 1 aliphatic rings. The topological polar surface area (TPSA) is 74.3 Å². The number of hydrogen-bond donors (Lipinski definition) is 2. The highest BCUT2D eigenvalue weighted by Crippen LogP contribution is 2.24. The molecule has 0 bridgehead atoms. The summed E-state index contributed by atoms with van der Waals surface area (Å²) in [6, 6.07) is 15.1. The molecule has 2 N–H and O–H groups in total. The molecule has 0 saturated carbocycles. The Hall–Kier alpha value is -3.19. The number of aromatic nitrogens is 1. The molecule has 0 radical (unpaired) electrons. The van der Waals surface area contributed by atoms with E-state index in [1.165, 1.54) is 0 Å². The molecule has 3 amide bonds. The van der Waals surface area contributed by atoms with Crippen molar-refractivity contribution >= 4 is 29.0 Å². The molecular formula is C24H26N4O2S. The first-order valence-corrected chi connectivity index (χ1v) is 11.3. The van der Waals surface area contributed by atoms with Crippen molar-refractivity contribution in [3.8, 4) is 10.6 Å². The van der Waals surface area contributed by atoms with E-state index in [4.69, 9.17) is 0 Å². The predicted molar refractivity (Wildman–Crippen MR) is 124 cm³/mol. The summed E-state index contributed by atoms with van der Waals surface area (Å²) in [6.45, 7) is 4.92.